The normalized spacial score (nSPS) is 14.0. The molecule has 0 aliphatic carbocycles. The van der Waals surface area contributed by atoms with Gasteiger partial charge in [-0.05, 0) is 67.3 Å². The van der Waals surface area contributed by atoms with Crippen molar-refractivity contribution in [1.29, 1.82) is 0 Å². The van der Waals surface area contributed by atoms with Crippen LogP contribution in [0.15, 0.2) is 66.9 Å². The molecule has 0 N–H and O–H groups in total. The maximum atomic E-state index is 15.4. The molecule has 1 atom stereocenters. The number of amides is 1. The van der Waals surface area contributed by atoms with Gasteiger partial charge in [-0.1, -0.05) is 37.6 Å². The van der Waals surface area contributed by atoms with Gasteiger partial charge in [0.1, 0.15) is 23.1 Å². The Balaban J connectivity index is 1.38. The number of aromatic nitrogens is 3. The number of carbonyl (C=O) groups is 1. The first-order valence-corrected chi connectivity index (χ1v) is 16.5. The molecule has 1 saturated heterocycles. The van der Waals surface area contributed by atoms with Gasteiger partial charge in [-0.2, -0.15) is 4.39 Å². The fourth-order valence-corrected chi connectivity index (χ4v) is 5.74. The van der Waals surface area contributed by atoms with Crippen molar-refractivity contribution in [2.24, 2.45) is 0 Å². The quantitative estimate of drug-likeness (QED) is 0.113. The summed E-state index contributed by atoms with van der Waals surface area (Å²) < 4.78 is 31.5. The van der Waals surface area contributed by atoms with Crippen LogP contribution in [0, 0.1) is 12.9 Å². The lowest BCUT2D eigenvalue weighted by molar-refractivity contribution is 0.0651. The summed E-state index contributed by atoms with van der Waals surface area (Å²) in [6, 6.07) is 19.5. The van der Waals surface area contributed by atoms with Crippen LogP contribution in [0.25, 0.3) is 11.3 Å². The predicted molar refractivity (Wildman–Crippen MR) is 184 cm³/mol. The number of unbranched alkanes of at least 4 members (excludes halogenated alkanes) is 1. The summed E-state index contributed by atoms with van der Waals surface area (Å²) in [4.78, 5) is 32.2. The van der Waals surface area contributed by atoms with Crippen LogP contribution >= 0.6 is 0 Å². The second kappa shape index (κ2) is 16.4. The number of nitrogens with zero attached hydrogens (tertiary/aromatic N) is 6. The third-order valence-corrected chi connectivity index (χ3v) is 8.68. The number of hydrogen-bond acceptors (Lipinski definition) is 9. The predicted octanol–water partition coefficient (Wildman–Crippen LogP) is 6.83. The number of rotatable bonds is 13. The van der Waals surface area contributed by atoms with Gasteiger partial charge in [-0.3, -0.25) is 4.90 Å². The van der Waals surface area contributed by atoms with Gasteiger partial charge in [0.2, 0.25) is 5.95 Å². The lowest BCUT2D eigenvalue weighted by Crippen LogP contribution is -2.49. The highest BCUT2D eigenvalue weighted by atomic mass is 19.1. The van der Waals surface area contributed by atoms with Crippen LogP contribution in [0.2, 0.25) is 0 Å². The number of hydrogen-bond donors (Lipinski definition) is 0. The van der Waals surface area contributed by atoms with Crippen molar-refractivity contribution in [3.8, 4) is 22.8 Å². The van der Waals surface area contributed by atoms with Crippen LogP contribution in [0.3, 0.4) is 0 Å². The standard InChI is InChI=1S/C37H45FN6O4/c1-6-7-20-48-37(45)43-18-16-42(17-19-43)26(2)30-21-33(36(38)39-23-30)34-22-35(41-27(3)40-34)44(24-28-8-12-31(46-4)13-9-28)25-29-10-14-32(47-5)15-11-29/h8-15,21-23,26H,6-7,16-20,24-25H2,1-5H3/t26-/m1/s1. The Morgan fingerprint density at radius 2 is 1.52 bits per heavy atom. The van der Waals surface area contributed by atoms with Crippen LogP contribution in [-0.2, 0) is 17.8 Å². The monoisotopic (exact) mass is 656 g/mol. The van der Waals surface area contributed by atoms with E-state index in [1.807, 2.05) is 67.6 Å². The van der Waals surface area contributed by atoms with E-state index in [0.29, 0.717) is 68.8 Å². The lowest BCUT2D eigenvalue weighted by Gasteiger charge is -2.37. The number of aryl methyl sites for hydroxylation is 1. The van der Waals surface area contributed by atoms with Crippen molar-refractivity contribution < 1.29 is 23.4 Å². The molecule has 48 heavy (non-hydrogen) atoms. The van der Waals surface area contributed by atoms with Gasteiger partial charge >= 0.3 is 6.09 Å². The fourth-order valence-electron chi connectivity index (χ4n) is 5.74. The molecule has 1 fully saturated rings. The number of halogens is 1. The van der Waals surface area contributed by atoms with E-state index in [9.17, 15) is 4.79 Å². The molecule has 0 radical (unpaired) electrons. The largest absolute Gasteiger partial charge is 0.497 e. The minimum absolute atomic E-state index is 0.0424. The van der Waals surface area contributed by atoms with Gasteiger partial charge in [-0.25, -0.2) is 19.7 Å². The third-order valence-electron chi connectivity index (χ3n) is 8.68. The summed E-state index contributed by atoms with van der Waals surface area (Å²) in [7, 11) is 3.29. The molecule has 0 unspecified atom stereocenters. The van der Waals surface area contributed by atoms with Crippen molar-refractivity contribution in [1.82, 2.24) is 24.8 Å². The molecule has 2 aromatic heterocycles. The molecular formula is C37H45FN6O4. The molecule has 10 nitrogen and oxygen atoms in total. The molecule has 0 bridgehead atoms. The van der Waals surface area contributed by atoms with Gasteiger partial charge in [0.05, 0.1) is 32.1 Å². The molecule has 1 amide bonds. The first kappa shape index (κ1) is 34.6. The van der Waals surface area contributed by atoms with Crippen LogP contribution in [0.5, 0.6) is 11.5 Å². The Bertz CT molecular complexity index is 1600. The topological polar surface area (TPSA) is 93.2 Å². The SMILES string of the molecule is CCCCOC(=O)N1CCN([C@H](C)c2cnc(F)c(-c3cc(N(Cc4ccc(OC)cc4)Cc4ccc(OC)cc4)nc(C)n3)c2)CC1. The van der Waals surface area contributed by atoms with E-state index < -0.39 is 5.95 Å². The summed E-state index contributed by atoms with van der Waals surface area (Å²) in [6.45, 7) is 10.0. The molecule has 0 spiro atoms. The van der Waals surface area contributed by atoms with Gasteiger partial charge in [0.25, 0.3) is 0 Å². The Morgan fingerprint density at radius 1 is 0.917 bits per heavy atom. The molecule has 0 saturated carbocycles. The Kier molecular flexibility index (Phi) is 11.8. The summed E-state index contributed by atoms with van der Waals surface area (Å²) in [6.07, 6.45) is 3.17. The maximum absolute atomic E-state index is 15.4. The van der Waals surface area contributed by atoms with E-state index in [2.05, 4.69) is 33.6 Å². The van der Waals surface area contributed by atoms with E-state index in [-0.39, 0.29) is 12.1 Å². The molecule has 1 aliphatic heterocycles. The molecule has 1 aliphatic rings. The molecule has 254 valence electrons. The minimum Gasteiger partial charge on any atom is -0.497 e. The molecule has 3 heterocycles. The van der Waals surface area contributed by atoms with Crippen LogP contribution < -0.4 is 14.4 Å². The number of pyridine rings is 1. The Morgan fingerprint density at radius 3 is 2.08 bits per heavy atom. The molecule has 11 heteroatoms. The smallest absolute Gasteiger partial charge is 0.409 e. The van der Waals surface area contributed by atoms with E-state index >= 15 is 4.39 Å². The van der Waals surface area contributed by atoms with Gasteiger partial charge < -0.3 is 24.0 Å². The highest BCUT2D eigenvalue weighted by molar-refractivity contribution is 5.67. The van der Waals surface area contributed by atoms with Crippen LogP contribution in [0.4, 0.5) is 15.0 Å². The van der Waals surface area contributed by atoms with Gasteiger partial charge in [-0.15, -0.1) is 0 Å². The Labute approximate surface area is 282 Å². The average molecular weight is 657 g/mol. The van der Waals surface area contributed by atoms with Gasteiger partial charge in [0.15, 0.2) is 0 Å². The second-order valence-electron chi connectivity index (χ2n) is 12.0. The summed E-state index contributed by atoms with van der Waals surface area (Å²) in [5.41, 5.74) is 3.79. The number of benzene rings is 2. The van der Waals surface area contributed by atoms with Crippen molar-refractivity contribution in [2.75, 3.05) is 51.9 Å². The van der Waals surface area contributed by atoms with Crippen molar-refractivity contribution in [3.63, 3.8) is 0 Å². The second-order valence-corrected chi connectivity index (χ2v) is 12.0. The van der Waals surface area contributed by atoms with Crippen LogP contribution in [0.1, 0.15) is 55.2 Å². The van der Waals surface area contributed by atoms with E-state index in [0.717, 1.165) is 41.0 Å². The summed E-state index contributed by atoms with van der Waals surface area (Å²) >= 11 is 0. The number of methoxy groups -OCH3 is 2. The minimum atomic E-state index is -0.591. The molecule has 4 aromatic rings. The highest BCUT2D eigenvalue weighted by Gasteiger charge is 2.26. The average Bonchev–Trinajstić information content (AvgIpc) is 3.11. The first-order valence-electron chi connectivity index (χ1n) is 16.5. The van der Waals surface area contributed by atoms with Crippen molar-refractivity contribution in [3.05, 3.63) is 95.3 Å². The zero-order valence-electron chi connectivity index (χ0n) is 28.5. The zero-order valence-corrected chi connectivity index (χ0v) is 28.5. The Hall–Kier alpha value is -4.77. The summed E-state index contributed by atoms with van der Waals surface area (Å²) in [5.74, 6) is 2.17. The van der Waals surface area contributed by atoms with Crippen molar-refractivity contribution >= 4 is 11.9 Å². The summed E-state index contributed by atoms with van der Waals surface area (Å²) in [5, 5.41) is 0. The third kappa shape index (κ3) is 8.77. The van der Waals surface area contributed by atoms with E-state index in [4.69, 9.17) is 19.2 Å². The number of anilines is 1. The van der Waals surface area contributed by atoms with Gasteiger partial charge in [0, 0.05) is 57.6 Å². The highest BCUT2D eigenvalue weighted by Crippen LogP contribution is 2.30. The maximum Gasteiger partial charge on any atom is 0.409 e. The fraction of sp³-hybridized carbons (Fsp3) is 0.405. The van der Waals surface area contributed by atoms with E-state index in [1.54, 1.807) is 25.3 Å². The number of piperazine rings is 1. The van der Waals surface area contributed by atoms with Crippen LogP contribution in [-0.4, -0.2) is 77.9 Å². The zero-order chi connectivity index (χ0) is 34.0. The number of carbonyl (C=O) groups excluding carboxylic acids is 1. The first-order chi connectivity index (χ1) is 23.3. The van der Waals surface area contributed by atoms with E-state index in [1.165, 1.54) is 0 Å². The molecule has 5 rings (SSSR count). The number of ether oxygens (including phenoxy) is 3. The van der Waals surface area contributed by atoms with Crippen molar-refractivity contribution in [2.45, 2.75) is 52.7 Å². The molecule has 2 aromatic carbocycles. The molecular weight excluding hydrogens is 611 g/mol. The lowest BCUT2D eigenvalue weighted by atomic mass is 10.0.